The summed E-state index contributed by atoms with van der Waals surface area (Å²) in [6, 6.07) is 11.4. The molecule has 0 amide bonds. The van der Waals surface area contributed by atoms with Crippen LogP contribution in [0.5, 0.6) is 0 Å². The molecular formula is C18H30NO2+. The molecular weight excluding hydrogens is 262 g/mol. The summed E-state index contributed by atoms with van der Waals surface area (Å²) < 4.78 is 6.65. The van der Waals surface area contributed by atoms with Crippen molar-refractivity contribution in [2.75, 3.05) is 20.2 Å². The second kappa shape index (κ2) is 7.39. The highest BCUT2D eigenvalue weighted by atomic mass is 16.5. The number of hydrogen-bond donors (Lipinski definition) is 1. The predicted molar refractivity (Wildman–Crippen MR) is 85.9 cm³/mol. The monoisotopic (exact) mass is 292 g/mol. The van der Waals surface area contributed by atoms with Crippen molar-refractivity contribution in [1.29, 1.82) is 0 Å². The predicted octanol–water partition coefficient (Wildman–Crippen LogP) is 2.97. The van der Waals surface area contributed by atoms with Crippen LogP contribution in [-0.4, -0.2) is 48.0 Å². The lowest BCUT2D eigenvalue weighted by Gasteiger charge is -2.49. The van der Waals surface area contributed by atoms with Crippen LogP contribution in [0.1, 0.15) is 38.7 Å². The Bertz CT molecular complexity index is 410. The van der Waals surface area contributed by atoms with E-state index in [1.54, 1.807) is 0 Å². The van der Waals surface area contributed by atoms with E-state index in [1.807, 2.05) is 18.2 Å². The van der Waals surface area contributed by atoms with Gasteiger partial charge in [0, 0.05) is 0 Å². The Kier molecular flexibility index (Phi) is 5.80. The molecule has 1 N–H and O–H groups in total. The van der Waals surface area contributed by atoms with E-state index in [-0.39, 0.29) is 6.10 Å². The smallest absolute Gasteiger partial charge is 0.126 e. The molecule has 1 fully saturated rings. The molecule has 21 heavy (non-hydrogen) atoms. The molecule has 3 unspecified atom stereocenters. The fourth-order valence-electron chi connectivity index (χ4n) is 3.49. The zero-order valence-electron chi connectivity index (χ0n) is 13.7. The summed E-state index contributed by atoms with van der Waals surface area (Å²) in [5.41, 5.74) is 1.16. The molecule has 0 spiro atoms. The number of rotatable bonds is 6. The lowest BCUT2D eigenvalue weighted by molar-refractivity contribution is -0.960. The molecule has 1 aliphatic rings. The highest BCUT2D eigenvalue weighted by Gasteiger charge is 2.39. The highest BCUT2D eigenvalue weighted by molar-refractivity contribution is 5.13. The third-order valence-electron chi connectivity index (χ3n) is 5.28. The van der Waals surface area contributed by atoms with Crippen LogP contribution in [0.2, 0.25) is 0 Å². The molecule has 1 aromatic rings. The maximum atomic E-state index is 10.3. The minimum atomic E-state index is -0.387. The van der Waals surface area contributed by atoms with Gasteiger partial charge < -0.3 is 14.3 Å². The summed E-state index contributed by atoms with van der Waals surface area (Å²) >= 11 is 0. The number of likely N-dealkylation sites (tertiary alicyclic amines) is 1. The van der Waals surface area contributed by atoms with Crippen molar-refractivity contribution in [2.24, 2.45) is 0 Å². The quantitative estimate of drug-likeness (QED) is 0.817. The normalized spacial score (nSPS) is 31.0. The van der Waals surface area contributed by atoms with E-state index >= 15 is 0 Å². The van der Waals surface area contributed by atoms with E-state index in [0.717, 1.165) is 16.6 Å². The second-order valence-electron chi connectivity index (χ2n) is 6.81. The fraction of sp³-hybridized carbons (Fsp3) is 0.667. The molecule has 2 rings (SSSR count). The van der Waals surface area contributed by atoms with Gasteiger partial charge in [0.2, 0.25) is 0 Å². The molecule has 3 heteroatoms. The van der Waals surface area contributed by atoms with Gasteiger partial charge in [0.1, 0.15) is 12.6 Å². The molecule has 0 bridgehead atoms. The zero-order valence-corrected chi connectivity index (χ0v) is 13.7. The van der Waals surface area contributed by atoms with Crippen molar-refractivity contribution in [3.05, 3.63) is 35.9 Å². The van der Waals surface area contributed by atoms with E-state index in [0.29, 0.717) is 25.3 Å². The van der Waals surface area contributed by atoms with E-state index in [2.05, 4.69) is 33.0 Å². The van der Waals surface area contributed by atoms with Gasteiger partial charge in [-0.3, -0.25) is 0 Å². The van der Waals surface area contributed by atoms with E-state index in [1.165, 1.54) is 19.3 Å². The van der Waals surface area contributed by atoms with Gasteiger partial charge >= 0.3 is 0 Å². The molecule has 1 heterocycles. The lowest BCUT2D eigenvalue weighted by Crippen LogP contribution is -2.61. The standard InChI is InChI=1S/C18H30NO2/c1-15-8-7-9-16(2)19(15,3)12-18(20)14-21-13-17-10-5-4-6-11-17/h4-6,10-11,15-16,18,20H,7-9,12-14H2,1-3H3/q+1. The maximum Gasteiger partial charge on any atom is 0.126 e. The lowest BCUT2D eigenvalue weighted by atomic mass is 9.93. The first-order valence-electron chi connectivity index (χ1n) is 8.17. The molecule has 0 saturated carbocycles. The van der Waals surface area contributed by atoms with Crippen LogP contribution in [0.3, 0.4) is 0 Å². The molecule has 1 aliphatic heterocycles. The number of benzene rings is 1. The molecule has 1 saturated heterocycles. The molecule has 3 nitrogen and oxygen atoms in total. The highest BCUT2D eigenvalue weighted by Crippen LogP contribution is 2.29. The first-order chi connectivity index (χ1) is 10.0. The van der Waals surface area contributed by atoms with Crippen molar-refractivity contribution in [2.45, 2.75) is 57.9 Å². The summed E-state index contributed by atoms with van der Waals surface area (Å²) in [5, 5.41) is 10.3. The molecule has 3 atom stereocenters. The van der Waals surface area contributed by atoms with Crippen LogP contribution in [-0.2, 0) is 11.3 Å². The Morgan fingerprint density at radius 2 is 1.81 bits per heavy atom. The summed E-state index contributed by atoms with van der Waals surface area (Å²) in [7, 11) is 2.29. The first kappa shape index (κ1) is 16.5. The van der Waals surface area contributed by atoms with Crippen molar-refractivity contribution in [1.82, 2.24) is 0 Å². The van der Waals surface area contributed by atoms with Crippen molar-refractivity contribution in [3.8, 4) is 0 Å². The average molecular weight is 292 g/mol. The number of piperidine rings is 1. The Balaban J connectivity index is 1.79. The summed E-state index contributed by atoms with van der Waals surface area (Å²) in [4.78, 5) is 0. The van der Waals surface area contributed by atoms with E-state index < -0.39 is 0 Å². The minimum absolute atomic E-state index is 0.387. The van der Waals surface area contributed by atoms with E-state index in [9.17, 15) is 5.11 Å². The maximum absolute atomic E-state index is 10.3. The minimum Gasteiger partial charge on any atom is -0.385 e. The number of nitrogens with zero attached hydrogens (tertiary/aromatic N) is 1. The summed E-state index contributed by atoms with van der Waals surface area (Å²) in [6.45, 7) is 6.41. The van der Waals surface area contributed by atoms with Crippen LogP contribution in [0.15, 0.2) is 30.3 Å². The van der Waals surface area contributed by atoms with Crippen LogP contribution < -0.4 is 0 Å². The number of aliphatic hydroxyl groups excluding tert-OH is 1. The van der Waals surface area contributed by atoms with Crippen LogP contribution in [0, 0.1) is 0 Å². The molecule has 1 aromatic carbocycles. The molecule has 118 valence electrons. The van der Waals surface area contributed by atoms with Crippen LogP contribution >= 0.6 is 0 Å². The SMILES string of the molecule is CC1CCCC(C)[N+]1(C)CC(O)COCc1ccccc1. The third kappa shape index (κ3) is 4.29. The molecule has 0 radical (unpaired) electrons. The topological polar surface area (TPSA) is 29.5 Å². The van der Waals surface area contributed by atoms with Gasteiger partial charge in [-0.2, -0.15) is 0 Å². The van der Waals surface area contributed by atoms with Gasteiger partial charge in [-0.15, -0.1) is 0 Å². The van der Waals surface area contributed by atoms with Gasteiger partial charge in [-0.1, -0.05) is 30.3 Å². The Morgan fingerprint density at radius 1 is 1.19 bits per heavy atom. The third-order valence-corrected chi connectivity index (χ3v) is 5.28. The Labute approximate surface area is 129 Å². The van der Waals surface area contributed by atoms with Gasteiger partial charge in [0.05, 0.1) is 32.3 Å². The second-order valence-corrected chi connectivity index (χ2v) is 6.81. The van der Waals surface area contributed by atoms with Crippen molar-refractivity contribution < 1.29 is 14.3 Å². The summed E-state index contributed by atoms with van der Waals surface area (Å²) in [6.07, 6.45) is 3.45. The summed E-state index contributed by atoms with van der Waals surface area (Å²) in [5.74, 6) is 0. The average Bonchev–Trinajstić information content (AvgIpc) is 2.46. The van der Waals surface area contributed by atoms with E-state index in [4.69, 9.17) is 4.74 Å². The largest absolute Gasteiger partial charge is 0.385 e. The van der Waals surface area contributed by atoms with Gasteiger partial charge in [0.25, 0.3) is 0 Å². The number of aliphatic hydroxyl groups is 1. The number of hydrogen-bond acceptors (Lipinski definition) is 2. The first-order valence-corrected chi connectivity index (χ1v) is 8.17. The number of likely N-dealkylation sites (N-methyl/N-ethyl adjacent to an activating group) is 1. The van der Waals surface area contributed by atoms with Gasteiger partial charge in [-0.25, -0.2) is 0 Å². The molecule has 0 aliphatic carbocycles. The number of ether oxygens (including phenoxy) is 1. The van der Waals surface area contributed by atoms with Gasteiger partial charge in [-0.05, 0) is 38.7 Å². The zero-order chi connectivity index (χ0) is 15.3. The van der Waals surface area contributed by atoms with Crippen LogP contribution in [0.25, 0.3) is 0 Å². The van der Waals surface area contributed by atoms with Crippen molar-refractivity contribution in [3.63, 3.8) is 0 Å². The van der Waals surface area contributed by atoms with Gasteiger partial charge in [0.15, 0.2) is 0 Å². The molecule has 0 aromatic heterocycles. The Hall–Kier alpha value is -0.900. The van der Waals surface area contributed by atoms with Crippen molar-refractivity contribution >= 4 is 0 Å². The van der Waals surface area contributed by atoms with Crippen LogP contribution in [0.4, 0.5) is 0 Å². The Morgan fingerprint density at radius 3 is 2.43 bits per heavy atom. The fourth-order valence-corrected chi connectivity index (χ4v) is 3.49. The number of quaternary nitrogens is 1.